The Hall–Kier alpha value is -3.13. The van der Waals surface area contributed by atoms with Gasteiger partial charge >= 0.3 is 0 Å². The van der Waals surface area contributed by atoms with E-state index in [-0.39, 0.29) is 18.0 Å². The van der Waals surface area contributed by atoms with Crippen molar-refractivity contribution < 1.29 is 14.3 Å². The molecule has 2 aromatic carbocycles. The van der Waals surface area contributed by atoms with Gasteiger partial charge in [0, 0.05) is 35.6 Å². The van der Waals surface area contributed by atoms with Gasteiger partial charge in [-0.25, -0.2) is 4.98 Å². The van der Waals surface area contributed by atoms with Crippen molar-refractivity contribution in [3.63, 3.8) is 0 Å². The molecular weight excluding hydrogens is 400 g/mol. The summed E-state index contributed by atoms with van der Waals surface area (Å²) in [5.41, 5.74) is 1.68. The quantitative estimate of drug-likeness (QED) is 0.542. The molecular formula is C22H26N4O3S. The van der Waals surface area contributed by atoms with Crippen molar-refractivity contribution in [1.82, 2.24) is 14.7 Å². The highest BCUT2D eigenvalue weighted by Gasteiger charge is 2.17. The molecule has 0 saturated heterocycles. The summed E-state index contributed by atoms with van der Waals surface area (Å²) < 4.78 is 14.8. The Morgan fingerprint density at radius 3 is 2.47 bits per heavy atom. The van der Waals surface area contributed by atoms with Crippen LogP contribution in [0.25, 0.3) is 0 Å². The van der Waals surface area contributed by atoms with Gasteiger partial charge in [-0.15, -0.1) is 0 Å². The van der Waals surface area contributed by atoms with Gasteiger partial charge in [-0.2, -0.15) is 4.37 Å². The van der Waals surface area contributed by atoms with E-state index >= 15 is 0 Å². The molecule has 8 heteroatoms. The van der Waals surface area contributed by atoms with E-state index in [1.54, 1.807) is 38.5 Å². The summed E-state index contributed by atoms with van der Waals surface area (Å²) in [7, 11) is 3.25. The number of hydrogen-bond acceptors (Lipinski definition) is 7. The van der Waals surface area contributed by atoms with Crippen LogP contribution >= 0.6 is 11.5 Å². The van der Waals surface area contributed by atoms with Gasteiger partial charge < -0.3 is 20.1 Å². The molecule has 1 aromatic heterocycles. The minimum atomic E-state index is -0.130. The number of amides is 1. The van der Waals surface area contributed by atoms with E-state index in [0.29, 0.717) is 12.0 Å². The topological polar surface area (TPSA) is 85.4 Å². The van der Waals surface area contributed by atoms with E-state index in [0.717, 1.165) is 28.0 Å². The number of rotatable bonds is 9. The number of anilines is 1. The van der Waals surface area contributed by atoms with E-state index in [2.05, 4.69) is 20.0 Å². The van der Waals surface area contributed by atoms with Gasteiger partial charge in [0.05, 0.1) is 14.2 Å². The molecule has 2 unspecified atom stereocenters. The number of benzene rings is 2. The molecule has 3 rings (SSSR count). The Labute approximate surface area is 180 Å². The lowest BCUT2D eigenvalue weighted by Crippen LogP contribution is -2.43. The van der Waals surface area contributed by atoms with Gasteiger partial charge in [-0.3, -0.25) is 4.79 Å². The molecule has 0 fully saturated rings. The van der Waals surface area contributed by atoms with E-state index in [1.807, 2.05) is 38.1 Å². The van der Waals surface area contributed by atoms with Crippen LogP contribution in [0.3, 0.4) is 0 Å². The van der Waals surface area contributed by atoms with Crippen LogP contribution in [0, 0.1) is 0 Å². The van der Waals surface area contributed by atoms with Crippen molar-refractivity contribution >= 4 is 22.6 Å². The maximum absolute atomic E-state index is 12.5. The fourth-order valence-corrected chi connectivity index (χ4v) is 3.51. The second kappa shape index (κ2) is 10.1. The molecule has 0 bridgehead atoms. The number of methoxy groups -OCH3 is 2. The van der Waals surface area contributed by atoms with Crippen LogP contribution in [-0.2, 0) is 6.42 Å². The van der Waals surface area contributed by atoms with Crippen LogP contribution < -0.4 is 20.1 Å². The molecule has 1 amide bonds. The van der Waals surface area contributed by atoms with Crippen LogP contribution in [0.1, 0.15) is 35.6 Å². The SMILES string of the molecule is COc1ccc(C(=O)NC(C)C(C)Nc2nc(Cc3cccc(OC)c3)ns2)cc1. The third-order valence-corrected chi connectivity index (χ3v) is 5.46. The zero-order valence-corrected chi connectivity index (χ0v) is 18.3. The molecule has 2 N–H and O–H groups in total. The summed E-state index contributed by atoms with van der Waals surface area (Å²) in [4.78, 5) is 17.0. The summed E-state index contributed by atoms with van der Waals surface area (Å²) in [6.45, 7) is 3.96. The summed E-state index contributed by atoms with van der Waals surface area (Å²) in [6.07, 6.45) is 0.632. The minimum Gasteiger partial charge on any atom is -0.497 e. The van der Waals surface area contributed by atoms with Crippen molar-refractivity contribution in [1.29, 1.82) is 0 Å². The molecule has 1 heterocycles. The Morgan fingerprint density at radius 1 is 1.03 bits per heavy atom. The highest BCUT2D eigenvalue weighted by Crippen LogP contribution is 2.19. The maximum Gasteiger partial charge on any atom is 0.251 e. The third kappa shape index (κ3) is 5.70. The Kier molecular flexibility index (Phi) is 7.24. The molecule has 30 heavy (non-hydrogen) atoms. The number of carbonyl (C=O) groups is 1. The predicted octanol–water partition coefficient (Wildman–Crippen LogP) is 3.77. The Balaban J connectivity index is 1.54. The lowest BCUT2D eigenvalue weighted by Gasteiger charge is -2.22. The van der Waals surface area contributed by atoms with Gasteiger partial charge in [-0.1, -0.05) is 12.1 Å². The molecule has 2 atom stereocenters. The smallest absolute Gasteiger partial charge is 0.251 e. The van der Waals surface area contributed by atoms with Crippen molar-refractivity contribution in [2.24, 2.45) is 0 Å². The van der Waals surface area contributed by atoms with Gasteiger partial charge in [0.25, 0.3) is 5.91 Å². The van der Waals surface area contributed by atoms with Crippen LogP contribution in [0.15, 0.2) is 48.5 Å². The summed E-state index contributed by atoms with van der Waals surface area (Å²) >= 11 is 1.31. The second-order valence-corrected chi connectivity index (χ2v) is 7.72. The highest BCUT2D eigenvalue weighted by molar-refractivity contribution is 7.09. The number of carbonyl (C=O) groups excluding carboxylic acids is 1. The van der Waals surface area contributed by atoms with Crippen LogP contribution in [0.4, 0.5) is 5.13 Å². The maximum atomic E-state index is 12.5. The monoisotopic (exact) mass is 426 g/mol. The first-order valence-electron chi connectivity index (χ1n) is 9.65. The molecule has 0 aliphatic carbocycles. The van der Waals surface area contributed by atoms with Gasteiger partial charge in [0.2, 0.25) is 5.13 Å². The molecule has 0 spiro atoms. The van der Waals surface area contributed by atoms with Crippen molar-refractivity contribution in [2.45, 2.75) is 32.4 Å². The number of hydrogen-bond donors (Lipinski definition) is 2. The number of aromatic nitrogens is 2. The first-order valence-corrected chi connectivity index (χ1v) is 10.4. The van der Waals surface area contributed by atoms with E-state index in [1.165, 1.54) is 11.5 Å². The first kappa shape index (κ1) is 21.6. The highest BCUT2D eigenvalue weighted by atomic mass is 32.1. The van der Waals surface area contributed by atoms with Crippen LogP contribution in [0.5, 0.6) is 11.5 Å². The zero-order chi connectivity index (χ0) is 21.5. The molecule has 7 nitrogen and oxygen atoms in total. The average molecular weight is 427 g/mol. The summed E-state index contributed by atoms with van der Waals surface area (Å²) in [5.74, 6) is 2.15. The molecule has 158 valence electrons. The Bertz CT molecular complexity index is 975. The lowest BCUT2D eigenvalue weighted by atomic mass is 10.1. The van der Waals surface area contributed by atoms with E-state index < -0.39 is 0 Å². The fourth-order valence-electron chi connectivity index (χ4n) is 2.83. The molecule has 0 aliphatic heterocycles. The molecule has 3 aromatic rings. The standard InChI is InChI=1S/C22H26N4O3S/c1-14(23-21(27)17-8-10-18(28-3)11-9-17)15(2)24-22-25-20(26-30-22)13-16-6-5-7-19(12-16)29-4/h5-12,14-15H,13H2,1-4H3,(H,23,27)(H,24,25,26). The average Bonchev–Trinajstić information content (AvgIpc) is 3.20. The normalized spacial score (nSPS) is 12.7. The lowest BCUT2D eigenvalue weighted by molar-refractivity contribution is 0.0937. The Morgan fingerprint density at radius 2 is 1.77 bits per heavy atom. The largest absolute Gasteiger partial charge is 0.497 e. The third-order valence-electron chi connectivity index (χ3n) is 4.78. The summed E-state index contributed by atoms with van der Waals surface area (Å²) in [5, 5.41) is 7.07. The van der Waals surface area contributed by atoms with Crippen molar-refractivity contribution in [3.8, 4) is 11.5 Å². The van der Waals surface area contributed by atoms with Gasteiger partial charge in [0.15, 0.2) is 0 Å². The second-order valence-electron chi connectivity index (χ2n) is 6.97. The van der Waals surface area contributed by atoms with Gasteiger partial charge in [-0.05, 0) is 55.8 Å². The number of nitrogens with zero attached hydrogens (tertiary/aromatic N) is 2. The van der Waals surface area contributed by atoms with Crippen LogP contribution in [-0.4, -0.2) is 41.6 Å². The van der Waals surface area contributed by atoms with Gasteiger partial charge in [0.1, 0.15) is 17.3 Å². The first-order chi connectivity index (χ1) is 14.5. The minimum absolute atomic E-state index is 0.0233. The van der Waals surface area contributed by atoms with E-state index in [9.17, 15) is 4.79 Å². The van der Waals surface area contributed by atoms with Crippen molar-refractivity contribution in [2.75, 3.05) is 19.5 Å². The zero-order valence-electron chi connectivity index (χ0n) is 17.5. The molecule has 0 saturated carbocycles. The van der Waals surface area contributed by atoms with Crippen LogP contribution in [0.2, 0.25) is 0 Å². The fraction of sp³-hybridized carbons (Fsp3) is 0.318. The molecule has 0 radical (unpaired) electrons. The van der Waals surface area contributed by atoms with E-state index in [4.69, 9.17) is 9.47 Å². The number of nitrogens with one attached hydrogen (secondary N) is 2. The predicted molar refractivity (Wildman–Crippen MR) is 119 cm³/mol. The summed E-state index contributed by atoms with van der Waals surface area (Å²) in [6, 6.07) is 14.8. The van der Waals surface area contributed by atoms with Crippen molar-refractivity contribution in [3.05, 3.63) is 65.5 Å². The molecule has 0 aliphatic rings. The number of ether oxygens (including phenoxy) is 2.